The number of thiocarbonyl (C=S) groups is 1. The summed E-state index contributed by atoms with van der Waals surface area (Å²) in [6.07, 6.45) is 1.60. The predicted octanol–water partition coefficient (Wildman–Crippen LogP) is 6.68. The maximum absolute atomic E-state index is 12.9. The quantitative estimate of drug-likeness (QED) is 0.165. The SMILES string of the molecule is O=C1/C(=C\c2ccc(-c3cccc([N+](=O)[O-])c3)o2)SC(=S)N1c1ccc(Br)c(Cl)c1. The smallest absolute Gasteiger partial charge is 0.270 e. The molecule has 3 aromatic rings. The molecular formula is C20H10BrClN2O4S2. The van der Waals surface area contributed by atoms with Gasteiger partial charge in [-0.2, -0.15) is 0 Å². The minimum atomic E-state index is -0.465. The van der Waals surface area contributed by atoms with E-state index in [0.717, 1.165) is 16.2 Å². The average Bonchev–Trinajstić information content (AvgIpc) is 3.29. The second-order valence-corrected chi connectivity index (χ2v) is 9.06. The number of thioether (sulfide) groups is 1. The van der Waals surface area contributed by atoms with Gasteiger partial charge in [-0.1, -0.05) is 47.7 Å². The first-order valence-corrected chi connectivity index (χ1v) is 10.8. The molecule has 0 atom stereocenters. The Morgan fingerprint density at radius 1 is 1.20 bits per heavy atom. The molecule has 0 aliphatic carbocycles. The van der Waals surface area contributed by atoms with Crippen LogP contribution >= 0.6 is 51.5 Å². The first-order chi connectivity index (χ1) is 14.3. The van der Waals surface area contributed by atoms with Crippen LogP contribution in [0.1, 0.15) is 5.76 Å². The van der Waals surface area contributed by atoms with Crippen molar-refractivity contribution < 1.29 is 14.1 Å². The summed E-state index contributed by atoms with van der Waals surface area (Å²) in [6, 6.07) is 14.7. The molecule has 150 valence electrons. The van der Waals surface area contributed by atoms with Gasteiger partial charge in [0.05, 0.1) is 20.5 Å². The summed E-state index contributed by atoms with van der Waals surface area (Å²) in [5.41, 5.74) is 1.12. The van der Waals surface area contributed by atoms with Gasteiger partial charge >= 0.3 is 0 Å². The third-order valence-corrected chi connectivity index (χ3v) is 6.73. The molecule has 0 radical (unpaired) electrons. The minimum Gasteiger partial charge on any atom is -0.457 e. The van der Waals surface area contributed by atoms with Crippen LogP contribution in [0.3, 0.4) is 0 Å². The van der Waals surface area contributed by atoms with Gasteiger partial charge in [0, 0.05) is 28.2 Å². The second-order valence-electron chi connectivity index (χ2n) is 6.12. The Kier molecular flexibility index (Phi) is 5.79. The minimum absolute atomic E-state index is 0.0283. The lowest BCUT2D eigenvalue weighted by molar-refractivity contribution is -0.384. The summed E-state index contributed by atoms with van der Waals surface area (Å²) in [7, 11) is 0. The van der Waals surface area contributed by atoms with Crippen molar-refractivity contribution in [2.45, 2.75) is 0 Å². The first-order valence-electron chi connectivity index (χ1n) is 8.41. The van der Waals surface area contributed by atoms with Gasteiger partial charge in [-0.25, -0.2) is 0 Å². The largest absolute Gasteiger partial charge is 0.457 e. The number of carbonyl (C=O) groups excluding carboxylic acids is 1. The molecule has 0 saturated carbocycles. The second kappa shape index (κ2) is 8.35. The predicted molar refractivity (Wildman–Crippen MR) is 126 cm³/mol. The lowest BCUT2D eigenvalue weighted by Gasteiger charge is -2.15. The number of nitrogens with zero attached hydrogens (tertiary/aromatic N) is 2. The van der Waals surface area contributed by atoms with Gasteiger partial charge in [-0.05, 0) is 46.3 Å². The van der Waals surface area contributed by atoms with Crippen molar-refractivity contribution in [2.24, 2.45) is 0 Å². The Balaban J connectivity index is 1.61. The Hall–Kier alpha value is -2.46. The number of hydrogen-bond acceptors (Lipinski definition) is 6. The number of rotatable bonds is 4. The number of nitro benzene ring substituents is 1. The van der Waals surface area contributed by atoms with Crippen molar-refractivity contribution in [2.75, 3.05) is 4.90 Å². The van der Waals surface area contributed by atoms with Crippen LogP contribution in [0.5, 0.6) is 0 Å². The number of benzene rings is 2. The number of hydrogen-bond donors (Lipinski definition) is 0. The highest BCUT2D eigenvalue weighted by Crippen LogP contribution is 2.38. The lowest BCUT2D eigenvalue weighted by Crippen LogP contribution is -2.27. The fraction of sp³-hybridized carbons (Fsp3) is 0. The van der Waals surface area contributed by atoms with E-state index in [-0.39, 0.29) is 11.6 Å². The lowest BCUT2D eigenvalue weighted by atomic mass is 10.1. The van der Waals surface area contributed by atoms with Gasteiger partial charge in [0.15, 0.2) is 4.32 Å². The number of furan rings is 1. The van der Waals surface area contributed by atoms with Crippen molar-refractivity contribution >= 4 is 79.2 Å². The van der Waals surface area contributed by atoms with E-state index in [4.69, 9.17) is 28.2 Å². The van der Waals surface area contributed by atoms with Crippen LogP contribution < -0.4 is 4.90 Å². The van der Waals surface area contributed by atoms with E-state index in [1.165, 1.54) is 17.0 Å². The zero-order valence-electron chi connectivity index (χ0n) is 14.9. The maximum Gasteiger partial charge on any atom is 0.270 e. The van der Waals surface area contributed by atoms with Crippen LogP contribution in [-0.2, 0) is 4.79 Å². The highest BCUT2D eigenvalue weighted by molar-refractivity contribution is 9.10. The fourth-order valence-electron chi connectivity index (χ4n) is 2.80. The van der Waals surface area contributed by atoms with E-state index in [2.05, 4.69) is 15.9 Å². The number of amides is 1. The van der Waals surface area contributed by atoms with E-state index < -0.39 is 4.92 Å². The zero-order chi connectivity index (χ0) is 21.4. The molecule has 2 heterocycles. The van der Waals surface area contributed by atoms with Crippen LogP contribution in [0.2, 0.25) is 5.02 Å². The van der Waals surface area contributed by atoms with E-state index in [1.807, 2.05) is 0 Å². The van der Waals surface area contributed by atoms with Gasteiger partial charge < -0.3 is 4.42 Å². The van der Waals surface area contributed by atoms with Gasteiger partial charge in [-0.3, -0.25) is 19.8 Å². The summed E-state index contributed by atoms with van der Waals surface area (Å²) in [6.45, 7) is 0. The van der Waals surface area contributed by atoms with Gasteiger partial charge in [0.1, 0.15) is 11.5 Å². The molecule has 0 bridgehead atoms. The maximum atomic E-state index is 12.9. The summed E-state index contributed by atoms with van der Waals surface area (Å²) < 4.78 is 6.88. The van der Waals surface area contributed by atoms with E-state index >= 15 is 0 Å². The Bertz CT molecular complexity index is 1240. The number of anilines is 1. The molecule has 30 heavy (non-hydrogen) atoms. The molecule has 1 aliphatic heterocycles. The molecule has 2 aromatic carbocycles. The molecule has 1 amide bonds. The highest BCUT2D eigenvalue weighted by Gasteiger charge is 2.33. The van der Waals surface area contributed by atoms with Crippen LogP contribution in [0, 0.1) is 10.1 Å². The third-order valence-electron chi connectivity index (χ3n) is 4.20. The van der Waals surface area contributed by atoms with Crippen molar-refractivity contribution in [1.82, 2.24) is 0 Å². The molecule has 1 fully saturated rings. The zero-order valence-corrected chi connectivity index (χ0v) is 18.8. The molecule has 0 spiro atoms. The number of carbonyl (C=O) groups is 1. The molecule has 0 N–H and O–H groups in total. The summed E-state index contributed by atoms with van der Waals surface area (Å²) >= 11 is 16.0. The third kappa shape index (κ3) is 4.06. The van der Waals surface area contributed by atoms with Gasteiger partial charge in [-0.15, -0.1) is 0 Å². The first kappa shape index (κ1) is 20.8. The Labute approximate surface area is 193 Å². The van der Waals surface area contributed by atoms with Gasteiger partial charge in [0.25, 0.3) is 11.6 Å². The van der Waals surface area contributed by atoms with Crippen molar-refractivity contribution in [3.05, 3.63) is 84.9 Å². The molecule has 4 rings (SSSR count). The van der Waals surface area contributed by atoms with Crippen molar-refractivity contribution in [3.63, 3.8) is 0 Å². The number of halogens is 2. The fourth-order valence-corrected chi connectivity index (χ4v) is 4.50. The Morgan fingerprint density at radius 3 is 2.73 bits per heavy atom. The summed E-state index contributed by atoms with van der Waals surface area (Å²) in [4.78, 5) is 25.2. The molecule has 0 unspecified atom stereocenters. The average molecular weight is 522 g/mol. The van der Waals surface area contributed by atoms with Crippen molar-refractivity contribution in [3.8, 4) is 11.3 Å². The topological polar surface area (TPSA) is 76.6 Å². The standard InChI is InChI=1S/C20H10BrClN2O4S2/c21-15-6-4-12(9-16(15)22)23-19(25)18(30-20(23)29)10-14-5-7-17(28-14)11-2-1-3-13(8-11)24(26)27/h1-10H/b18-10+. The molecule has 1 saturated heterocycles. The summed E-state index contributed by atoms with van der Waals surface area (Å²) in [5, 5.41) is 11.4. The highest BCUT2D eigenvalue weighted by atomic mass is 79.9. The number of non-ortho nitro benzene ring substituents is 1. The van der Waals surface area contributed by atoms with E-state index in [0.29, 0.717) is 37.0 Å². The van der Waals surface area contributed by atoms with Crippen molar-refractivity contribution in [1.29, 1.82) is 0 Å². The van der Waals surface area contributed by atoms with E-state index in [1.54, 1.807) is 48.5 Å². The normalized spacial score (nSPS) is 15.3. The van der Waals surface area contributed by atoms with Gasteiger partial charge in [0.2, 0.25) is 0 Å². The van der Waals surface area contributed by atoms with Crippen LogP contribution in [0.4, 0.5) is 11.4 Å². The van der Waals surface area contributed by atoms with Crippen LogP contribution in [0.25, 0.3) is 17.4 Å². The van der Waals surface area contributed by atoms with Crippen LogP contribution in [-0.4, -0.2) is 15.2 Å². The molecule has 10 heteroatoms. The summed E-state index contributed by atoms with van der Waals surface area (Å²) in [5.74, 6) is 0.614. The monoisotopic (exact) mass is 520 g/mol. The molecule has 1 aromatic heterocycles. The van der Waals surface area contributed by atoms with Crippen LogP contribution in [0.15, 0.2) is 68.4 Å². The number of nitro groups is 1. The molecule has 6 nitrogen and oxygen atoms in total. The van der Waals surface area contributed by atoms with E-state index in [9.17, 15) is 14.9 Å². The Morgan fingerprint density at radius 2 is 2.00 bits per heavy atom. The molecule has 1 aliphatic rings. The molecular weight excluding hydrogens is 512 g/mol.